The van der Waals surface area contributed by atoms with Crippen molar-refractivity contribution in [1.29, 1.82) is 0 Å². The molecule has 2 nitrogen and oxygen atoms in total. The second-order valence-corrected chi connectivity index (χ2v) is 3.45. The van der Waals surface area contributed by atoms with Crippen molar-refractivity contribution in [3.8, 4) is 0 Å². The van der Waals surface area contributed by atoms with Crippen molar-refractivity contribution >= 4 is 12.0 Å². The van der Waals surface area contributed by atoms with E-state index in [0.717, 1.165) is 11.1 Å². The van der Waals surface area contributed by atoms with E-state index in [-0.39, 0.29) is 5.97 Å². The van der Waals surface area contributed by atoms with Gasteiger partial charge >= 0.3 is 5.97 Å². The number of rotatable bonds is 3. The first-order valence-corrected chi connectivity index (χ1v) is 5.05. The van der Waals surface area contributed by atoms with E-state index in [2.05, 4.69) is 6.07 Å². The summed E-state index contributed by atoms with van der Waals surface area (Å²) in [5, 5.41) is 0. The molecule has 0 spiro atoms. The Hall–Kier alpha value is -1.57. The van der Waals surface area contributed by atoms with Crippen molar-refractivity contribution in [2.75, 3.05) is 6.61 Å². The highest BCUT2D eigenvalue weighted by Crippen LogP contribution is 2.12. The summed E-state index contributed by atoms with van der Waals surface area (Å²) in [5.41, 5.74) is 3.40. The Morgan fingerprint density at radius 3 is 2.80 bits per heavy atom. The van der Waals surface area contributed by atoms with E-state index in [1.807, 2.05) is 26.0 Å². The van der Waals surface area contributed by atoms with Gasteiger partial charge < -0.3 is 4.74 Å². The Balaban J connectivity index is 2.79. The van der Waals surface area contributed by atoms with Crippen molar-refractivity contribution in [3.63, 3.8) is 0 Å². The van der Waals surface area contributed by atoms with Gasteiger partial charge in [0.25, 0.3) is 0 Å². The molecule has 0 aromatic heterocycles. The first-order chi connectivity index (χ1) is 7.13. The maximum Gasteiger partial charge on any atom is 0.330 e. The molecule has 0 unspecified atom stereocenters. The van der Waals surface area contributed by atoms with E-state index >= 15 is 0 Å². The first-order valence-electron chi connectivity index (χ1n) is 5.05. The molecule has 1 rings (SSSR count). The van der Waals surface area contributed by atoms with Crippen LogP contribution in [-0.2, 0) is 9.53 Å². The number of esters is 1. The molecule has 0 bridgehead atoms. The molecule has 1 aromatic carbocycles. The lowest BCUT2D eigenvalue weighted by Gasteiger charge is -2.01. The summed E-state index contributed by atoms with van der Waals surface area (Å²) in [6.07, 6.45) is 3.26. The molecule has 0 aliphatic carbocycles. The minimum atomic E-state index is -0.293. The zero-order valence-electron chi connectivity index (χ0n) is 9.41. The average Bonchev–Trinajstić information content (AvgIpc) is 2.20. The molecule has 0 amide bonds. The Morgan fingerprint density at radius 2 is 2.13 bits per heavy atom. The predicted molar refractivity (Wildman–Crippen MR) is 61.6 cm³/mol. The van der Waals surface area contributed by atoms with Gasteiger partial charge in [0.05, 0.1) is 6.61 Å². The molecule has 0 radical (unpaired) electrons. The van der Waals surface area contributed by atoms with E-state index in [9.17, 15) is 4.79 Å². The van der Waals surface area contributed by atoms with Crippen LogP contribution in [0.2, 0.25) is 0 Å². The van der Waals surface area contributed by atoms with Gasteiger partial charge in [-0.05, 0) is 38.0 Å². The SMILES string of the molecule is CCOC(=O)C=Cc1cc(C)ccc1C. The van der Waals surface area contributed by atoms with Gasteiger partial charge in [-0.3, -0.25) is 0 Å². The van der Waals surface area contributed by atoms with Crippen LogP contribution in [0.15, 0.2) is 24.3 Å². The number of carbonyl (C=O) groups is 1. The maximum atomic E-state index is 11.1. The molecular formula is C13H16O2. The quantitative estimate of drug-likeness (QED) is 0.559. The number of carbonyl (C=O) groups excluding carboxylic acids is 1. The highest BCUT2D eigenvalue weighted by atomic mass is 16.5. The van der Waals surface area contributed by atoms with Crippen molar-refractivity contribution < 1.29 is 9.53 Å². The van der Waals surface area contributed by atoms with Gasteiger partial charge in [0.2, 0.25) is 0 Å². The van der Waals surface area contributed by atoms with Crippen LogP contribution in [0.25, 0.3) is 6.08 Å². The van der Waals surface area contributed by atoms with Crippen LogP contribution in [0.4, 0.5) is 0 Å². The Bertz CT molecular complexity index is 378. The zero-order chi connectivity index (χ0) is 11.3. The van der Waals surface area contributed by atoms with Gasteiger partial charge in [-0.1, -0.05) is 23.8 Å². The van der Waals surface area contributed by atoms with E-state index in [4.69, 9.17) is 4.74 Å². The number of ether oxygens (including phenoxy) is 1. The van der Waals surface area contributed by atoms with Crippen LogP contribution in [-0.4, -0.2) is 12.6 Å². The fraction of sp³-hybridized carbons (Fsp3) is 0.308. The van der Waals surface area contributed by atoms with Crippen LogP contribution in [0.3, 0.4) is 0 Å². The Kier molecular flexibility index (Phi) is 4.10. The molecular weight excluding hydrogens is 188 g/mol. The largest absolute Gasteiger partial charge is 0.463 e. The summed E-state index contributed by atoms with van der Waals surface area (Å²) in [6, 6.07) is 6.14. The third-order valence-electron chi connectivity index (χ3n) is 2.12. The number of aryl methyl sites for hydroxylation is 2. The van der Waals surface area contributed by atoms with E-state index in [1.54, 1.807) is 13.0 Å². The van der Waals surface area contributed by atoms with Crippen LogP contribution in [0.1, 0.15) is 23.6 Å². The lowest BCUT2D eigenvalue weighted by Crippen LogP contribution is -1.98. The minimum Gasteiger partial charge on any atom is -0.463 e. The van der Waals surface area contributed by atoms with Gasteiger partial charge in [0.1, 0.15) is 0 Å². The summed E-state index contributed by atoms with van der Waals surface area (Å²) < 4.78 is 4.81. The van der Waals surface area contributed by atoms with Crippen molar-refractivity contribution in [3.05, 3.63) is 41.0 Å². The summed E-state index contributed by atoms with van der Waals surface area (Å²) in [5.74, 6) is -0.293. The Morgan fingerprint density at radius 1 is 1.40 bits per heavy atom. The Labute approximate surface area is 90.6 Å². The number of benzene rings is 1. The second kappa shape index (κ2) is 5.35. The molecule has 0 aliphatic rings. The maximum absolute atomic E-state index is 11.1. The normalized spacial score (nSPS) is 10.6. The minimum absolute atomic E-state index is 0.293. The van der Waals surface area contributed by atoms with Gasteiger partial charge in [-0.25, -0.2) is 4.79 Å². The average molecular weight is 204 g/mol. The van der Waals surface area contributed by atoms with Crippen molar-refractivity contribution in [2.24, 2.45) is 0 Å². The smallest absolute Gasteiger partial charge is 0.330 e. The van der Waals surface area contributed by atoms with E-state index in [0.29, 0.717) is 6.61 Å². The van der Waals surface area contributed by atoms with Gasteiger partial charge in [-0.15, -0.1) is 0 Å². The molecule has 0 N–H and O–H groups in total. The molecule has 15 heavy (non-hydrogen) atoms. The molecule has 0 heterocycles. The molecule has 0 saturated heterocycles. The lowest BCUT2D eigenvalue weighted by atomic mass is 10.1. The molecule has 0 saturated carbocycles. The van der Waals surface area contributed by atoms with E-state index < -0.39 is 0 Å². The summed E-state index contributed by atoms with van der Waals surface area (Å²) in [7, 11) is 0. The van der Waals surface area contributed by atoms with Gasteiger partial charge in [0, 0.05) is 6.08 Å². The molecule has 2 heteroatoms. The monoisotopic (exact) mass is 204 g/mol. The van der Waals surface area contributed by atoms with Crippen LogP contribution < -0.4 is 0 Å². The van der Waals surface area contributed by atoms with Gasteiger partial charge in [-0.2, -0.15) is 0 Å². The molecule has 0 fully saturated rings. The van der Waals surface area contributed by atoms with Crippen LogP contribution in [0, 0.1) is 13.8 Å². The highest BCUT2D eigenvalue weighted by Gasteiger charge is 1.97. The number of hydrogen-bond donors (Lipinski definition) is 0. The van der Waals surface area contributed by atoms with E-state index in [1.165, 1.54) is 11.6 Å². The molecule has 0 aliphatic heterocycles. The topological polar surface area (TPSA) is 26.3 Å². The summed E-state index contributed by atoms with van der Waals surface area (Å²) in [4.78, 5) is 11.1. The zero-order valence-corrected chi connectivity index (χ0v) is 9.41. The fourth-order valence-electron chi connectivity index (χ4n) is 1.29. The summed E-state index contributed by atoms with van der Waals surface area (Å²) >= 11 is 0. The molecule has 1 aromatic rings. The third kappa shape index (κ3) is 3.58. The van der Waals surface area contributed by atoms with Crippen LogP contribution >= 0.6 is 0 Å². The van der Waals surface area contributed by atoms with Gasteiger partial charge in [0.15, 0.2) is 0 Å². The molecule has 80 valence electrons. The van der Waals surface area contributed by atoms with Crippen molar-refractivity contribution in [2.45, 2.75) is 20.8 Å². The fourth-order valence-corrected chi connectivity index (χ4v) is 1.29. The predicted octanol–water partition coefficient (Wildman–Crippen LogP) is 2.88. The number of hydrogen-bond acceptors (Lipinski definition) is 2. The third-order valence-corrected chi connectivity index (χ3v) is 2.12. The highest BCUT2D eigenvalue weighted by molar-refractivity contribution is 5.87. The van der Waals surface area contributed by atoms with Crippen molar-refractivity contribution in [1.82, 2.24) is 0 Å². The summed E-state index contributed by atoms with van der Waals surface area (Å²) in [6.45, 7) is 6.25. The van der Waals surface area contributed by atoms with Crippen LogP contribution in [0.5, 0.6) is 0 Å². The standard InChI is InChI=1S/C13H16O2/c1-4-15-13(14)8-7-12-9-10(2)5-6-11(12)3/h5-9H,4H2,1-3H3. The lowest BCUT2D eigenvalue weighted by molar-refractivity contribution is -0.137. The second-order valence-electron chi connectivity index (χ2n) is 3.45. The first kappa shape index (κ1) is 11.5. The molecule has 0 atom stereocenters.